The van der Waals surface area contributed by atoms with Crippen LogP contribution in [0.3, 0.4) is 0 Å². The lowest BCUT2D eigenvalue weighted by molar-refractivity contribution is -0.121. The molecule has 5 nitrogen and oxygen atoms in total. The second-order valence-corrected chi connectivity index (χ2v) is 9.65. The number of hydrogen-bond acceptors (Lipinski definition) is 4. The molecule has 5 heteroatoms. The van der Waals surface area contributed by atoms with E-state index in [1.54, 1.807) is 7.11 Å². The standard InChI is InChI=1S/C25H38N2O3/c1-4-5-6-7-19-12-20-8-9-21(13-19)26(20)15-18(2)16-27-23-14-22(29-3)10-11-24(23)30-17-25(27)28/h10-11,14,18-21H,4-9,12-13,15-17H2,1-3H3/t18?,19?,20-,21?/m1/s1. The number of rotatable bonds is 9. The minimum absolute atomic E-state index is 0.0419. The zero-order chi connectivity index (χ0) is 21.1. The predicted octanol–water partition coefficient (Wildman–Crippen LogP) is 4.88. The molecule has 0 N–H and O–H groups in total. The molecule has 4 rings (SSSR count). The Labute approximate surface area is 181 Å². The highest BCUT2D eigenvalue weighted by Crippen LogP contribution is 2.41. The largest absolute Gasteiger partial charge is 0.497 e. The Morgan fingerprint density at radius 3 is 2.63 bits per heavy atom. The van der Waals surface area contributed by atoms with Crippen molar-refractivity contribution in [3.05, 3.63) is 18.2 Å². The fourth-order valence-electron chi connectivity index (χ4n) is 5.84. The number of amides is 1. The van der Waals surface area contributed by atoms with Gasteiger partial charge < -0.3 is 14.4 Å². The number of methoxy groups -OCH3 is 1. The van der Waals surface area contributed by atoms with Crippen molar-refractivity contribution in [2.45, 2.75) is 77.3 Å². The topological polar surface area (TPSA) is 42.0 Å². The Bertz CT molecular complexity index is 723. The van der Waals surface area contributed by atoms with Gasteiger partial charge in [0.05, 0.1) is 12.8 Å². The second kappa shape index (κ2) is 9.59. The maximum atomic E-state index is 12.6. The number of nitrogens with zero attached hydrogens (tertiary/aromatic N) is 2. The average molecular weight is 415 g/mol. The monoisotopic (exact) mass is 414 g/mol. The molecule has 2 saturated heterocycles. The molecule has 0 saturated carbocycles. The first-order valence-corrected chi connectivity index (χ1v) is 12.0. The first-order chi connectivity index (χ1) is 14.6. The highest BCUT2D eigenvalue weighted by molar-refractivity contribution is 5.98. The van der Waals surface area contributed by atoms with Crippen LogP contribution < -0.4 is 14.4 Å². The van der Waals surface area contributed by atoms with E-state index in [1.165, 1.54) is 51.4 Å². The summed E-state index contributed by atoms with van der Waals surface area (Å²) in [6.45, 7) is 6.52. The SMILES string of the molecule is CCCCCC1CC2CC[C@H](C1)N2CC(C)CN1C(=O)COc2ccc(OC)cc21. The Morgan fingerprint density at radius 1 is 1.17 bits per heavy atom. The molecule has 166 valence electrons. The lowest BCUT2D eigenvalue weighted by Gasteiger charge is -2.41. The Balaban J connectivity index is 1.37. The molecule has 3 unspecified atom stereocenters. The number of piperidine rings is 1. The first kappa shape index (κ1) is 21.5. The molecule has 0 aliphatic carbocycles. The van der Waals surface area contributed by atoms with Crippen LogP contribution in [-0.2, 0) is 4.79 Å². The van der Waals surface area contributed by atoms with Crippen molar-refractivity contribution in [3.63, 3.8) is 0 Å². The van der Waals surface area contributed by atoms with Gasteiger partial charge in [0.2, 0.25) is 0 Å². The summed E-state index contributed by atoms with van der Waals surface area (Å²) in [5, 5.41) is 0. The minimum Gasteiger partial charge on any atom is -0.497 e. The van der Waals surface area contributed by atoms with Gasteiger partial charge in [-0.2, -0.15) is 0 Å². The van der Waals surface area contributed by atoms with Crippen molar-refractivity contribution in [3.8, 4) is 11.5 Å². The zero-order valence-electron chi connectivity index (χ0n) is 18.9. The van der Waals surface area contributed by atoms with Gasteiger partial charge in [0.1, 0.15) is 11.5 Å². The van der Waals surface area contributed by atoms with E-state index in [9.17, 15) is 4.79 Å². The average Bonchev–Trinajstić information content (AvgIpc) is 2.97. The fourth-order valence-corrected chi connectivity index (χ4v) is 5.84. The predicted molar refractivity (Wildman–Crippen MR) is 120 cm³/mol. The summed E-state index contributed by atoms with van der Waals surface area (Å²) in [6.07, 6.45) is 11.0. The molecule has 1 aromatic carbocycles. The molecule has 30 heavy (non-hydrogen) atoms. The Hall–Kier alpha value is -1.75. The molecule has 2 bridgehead atoms. The van der Waals surface area contributed by atoms with Crippen LogP contribution in [0.15, 0.2) is 18.2 Å². The van der Waals surface area contributed by atoms with E-state index in [2.05, 4.69) is 18.7 Å². The summed E-state index contributed by atoms with van der Waals surface area (Å²) in [6, 6.07) is 7.22. The highest BCUT2D eigenvalue weighted by Gasteiger charge is 2.41. The van der Waals surface area contributed by atoms with Crippen LogP contribution in [-0.4, -0.2) is 49.7 Å². The molecule has 2 fully saturated rings. The number of ether oxygens (including phenoxy) is 2. The molecular formula is C25H38N2O3. The smallest absolute Gasteiger partial charge is 0.265 e. The number of carbonyl (C=O) groups is 1. The van der Waals surface area contributed by atoms with Crippen LogP contribution in [0, 0.1) is 11.8 Å². The lowest BCUT2D eigenvalue weighted by Crippen LogP contribution is -2.48. The third-order valence-corrected chi connectivity index (χ3v) is 7.32. The molecule has 4 atom stereocenters. The van der Waals surface area contributed by atoms with Crippen molar-refractivity contribution < 1.29 is 14.3 Å². The quantitative estimate of drug-likeness (QED) is 0.540. The maximum Gasteiger partial charge on any atom is 0.265 e. The summed E-state index contributed by atoms with van der Waals surface area (Å²) < 4.78 is 11.0. The summed E-state index contributed by atoms with van der Waals surface area (Å²) in [4.78, 5) is 17.3. The molecule has 3 aliphatic rings. The molecule has 3 heterocycles. The molecular weight excluding hydrogens is 376 g/mol. The van der Waals surface area contributed by atoms with Gasteiger partial charge >= 0.3 is 0 Å². The van der Waals surface area contributed by atoms with Gasteiger partial charge in [-0.25, -0.2) is 0 Å². The summed E-state index contributed by atoms with van der Waals surface area (Å²) in [5.74, 6) is 2.93. The van der Waals surface area contributed by atoms with Gasteiger partial charge in [-0.3, -0.25) is 9.69 Å². The van der Waals surface area contributed by atoms with Crippen LogP contribution in [0.2, 0.25) is 0 Å². The van der Waals surface area contributed by atoms with E-state index >= 15 is 0 Å². The molecule has 0 spiro atoms. The molecule has 3 aliphatic heterocycles. The number of hydrogen-bond donors (Lipinski definition) is 0. The molecule has 0 radical (unpaired) electrons. The first-order valence-electron chi connectivity index (χ1n) is 12.0. The van der Waals surface area contributed by atoms with Gasteiger partial charge in [0.25, 0.3) is 5.91 Å². The van der Waals surface area contributed by atoms with Gasteiger partial charge in [-0.05, 0) is 49.7 Å². The molecule has 1 amide bonds. The third-order valence-electron chi connectivity index (χ3n) is 7.32. The number of carbonyl (C=O) groups excluding carboxylic acids is 1. The molecule has 1 aromatic rings. The lowest BCUT2D eigenvalue weighted by atomic mass is 9.86. The Morgan fingerprint density at radius 2 is 1.93 bits per heavy atom. The normalized spacial score (nSPS) is 27.0. The number of benzene rings is 1. The van der Waals surface area contributed by atoms with Crippen LogP contribution in [0.5, 0.6) is 11.5 Å². The van der Waals surface area contributed by atoms with Crippen LogP contribution in [0.4, 0.5) is 5.69 Å². The van der Waals surface area contributed by atoms with Gasteiger partial charge in [-0.1, -0.05) is 39.5 Å². The van der Waals surface area contributed by atoms with E-state index in [0.29, 0.717) is 5.92 Å². The number of unbranched alkanes of at least 4 members (excludes halogenated alkanes) is 2. The van der Waals surface area contributed by atoms with Crippen LogP contribution in [0.25, 0.3) is 0 Å². The van der Waals surface area contributed by atoms with E-state index in [1.807, 2.05) is 23.1 Å². The Kier molecular flexibility index (Phi) is 6.87. The van der Waals surface area contributed by atoms with Gasteiger partial charge in [0, 0.05) is 31.2 Å². The van der Waals surface area contributed by atoms with Crippen molar-refractivity contribution in [1.82, 2.24) is 4.90 Å². The summed E-state index contributed by atoms with van der Waals surface area (Å²) in [7, 11) is 1.65. The van der Waals surface area contributed by atoms with Gasteiger partial charge in [0.15, 0.2) is 6.61 Å². The van der Waals surface area contributed by atoms with E-state index in [0.717, 1.165) is 48.3 Å². The number of fused-ring (bicyclic) bond motifs is 3. The van der Waals surface area contributed by atoms with Crippen molar-refractivity contribution in [2.75, 3.05) is 31.7 Å². The summed E-state index contributed by atoms with van der Waals surface area (Å²) >= 11 is 0. The minimum atomic E-state index is 0.0419. The highest BCUT2D eigenvalue weighted by atomic mass is 16.5. The van der Waals surface area contributed by atoms with E-state index in [4.69, 9.17) is 9.47 Å². The van der Waals surface area contributed by atoms with E-state index in [-0.39, 0.29) is 12.5 Å². The van der Waals surface area contributed by atoms with E-state index < -0.39 is 0 Å². The van der Waals surface area contributed by atoms with Crippen LogP contribution in [0.1, 0.15) is 65.2 Å². The fraction of sp³-hybridized carbons (Fsp3) is 0.720. The second-order valence-electron chi connectivity index (χ2n) is 9.65. The maximum absolute atomic E-state index is 12.6. The molecule has 0 aromatic heterocycles. The van der Waals surface area contributed by atoms with Crippen molar-refractivity contribution >= 4 is 11.6 Å². The third kappa shape index (κ3) is 4.61. The summed E-state index contributed by atoms with van der Waals surface area (Å²) in [5.41, 5.74) is 0.843. The van der Waals surface area contributed by atoms with Crippen molar-refractivity contribution in [1.29, 1.82) is 0 Å². The zero-order valence-corrected chi connectivity index (χ0v) is 18.9. The number of anilines is 1. The van der Waals surface area contributed by atoms with Crippen LogP contribution >= 0.6 is 0 Å². The van der Waals surface area contributed by atoms with Crippen molar-refractivity contribution in [2.24, 2.45) is 11.8 Å². The van der Waals surface area contributed by atoms with Gasteiger partial charge in [-0.15, -0.1) is 0 Å².